The highest BCUT2D eigenvalue weighted by Crippen LogP contribution is 2.15. The Labute approximate surface area is 199 Å². The van der Waals surface area contributed by atoms with Gasteiger partial charge in [0.25, 0.3) is 11.8 Å². The lowest BCUT2D eigenvalue weighted by Crippen LogP contribution is -2.65. The van der Waals surface area contributed by atoms with Crippen LogP contribution >= 0.6 is 0 Å². The van der Waals surface area contributed by atoms with Crippen molar-refractivity contribution in [2.75, 3.05) is 13.1 Å². The van der Waals surface area contributed by atoms with Gasteiger partial charge in [-0.25, -0.2) is 0 Å². The lowest BCUT2D eigenvalue weighted by Gasteiger charge is -2.37. The van der Waals surface area contributed by atoms with Crippen molar-refractivity contribution in [1.82, 2.24) is 20.4 Å². The average Bonchev–Trinajstić information content (AvgIpc) is 2.82. The summed E-state index contributed by atoms with van der Waals surface area (Å²) in [5.74, 6) is -1.91. The van der Waals surface area contributed by atoms with Crippen LogP contribution in [0.25, 0.3) is 0 Å². The fraction of sp³-hybridized carbons (Fsp3) is 0.500. The molecule has 2 aliphatic rings. The van der Waals surface area contributed by atoms with Crippen molar-refractivity contribution >= 4 is 35.4 Å². The second-order valence-electron chi connectivity index (χ2n) is 8.13. The third-order valence-corrected chi connectivity index (χ3v) is 5.50. The van der Waals surface area contributed by atoms with Crippen LogP contribution in [0, 0.1) is 0 Å². The molecule has 34 heavy (non-hydrogen) atoms. The van der Waals surface area contributed by atoms with E-state index in [9.17, 15) is 28.8 Å². The molecule has 2 aliphatic heterocycles. The molecule has 10 nitrogen and oxygen atoms in total. The first-order valence-electron chi connectivity index (χ1n) is 11.4. The van der Waals surface area contributed by atoms with E-state index in [2.05, 4.69) is 23.8 Å². The van der Waals surface area contributed by atoms with E-state index < -0.39 is 23.9 Å². The predicted octanol–water partition coefficient (Wildman–Crippen LogP) is 0.743. The monoisotopic (exact) mass is 472 g/mol. The Morgan fingerprint density at radius 1 is 0.706 bits per heavy atom. The number of allylic oxidation sites excluding steroid dienone is 4. The summed E-state index contributed by atoms with van der Waals surface area (Å²) in [5.41, 5.74) is 0. The smallest absolute Gasteiger partial charge is 0.253 e. The van der Waals surface area contributed by atoms with Crippen LogP contribution in [0.3, 0.4) is 0 Å². The molecule has 2 N–H and O–H groups in total. The minimum Gasteiger partial charge on any atom is -0.343 e. The zero-order valence-electron chi connectivity index (χ0n) is 19.3. The number of carbonyl (C=O) groups is 6. The van der Waals surface area contributed by atoms with Crippen LogP contribution in [0.4, 0.5) is 0 Å². The summed E-state index contributed by atoms with van der Waals surface area (Å²) in [6, 6.07) is -1.29. The molecule has 0 saturated carbocycles. The Bertz CT molecular complexity index is 811. The maximum atomic E-state index is 12.1. The summed E-state index contributed by atoms with van der Waals surface area (Å²) in [7, 11) is 0. The molecule has 2 saturated heterocycles. The predicted molar refractivity (Wildman–Crippen MR) is 124 cm³/mol. The zero-order valence-corrected chi connectivity index (χ0v) is 19.3. The van der Waals surface area contributed by atoms with E-state index in [0.29, 0.717) is 25.7 Å². The third-order valence-electron chi connectivity index (χ3n) is 5.50. The van der Waals surface area contributed by atoms with Gasteiger partial charge >= 0.3 is 0 Å². The number of hydrogen-bond donors (Lipinski definition) is 2. The molecule has 0 radical (unpaired) electrons. The molecule has 0 spiro atoms. The van der Waals surface area contributed by atoms with Gasteiger partial charge in [-0.3, -0.25) is 38.6 Å². The number of rotatable bonds is 14. The van der Waals surface area contributed by atoms with Gasteiger partial charge in [-0.05, 0) is 25.7 Å². The normalized spacial score (nSPS) is 19.3. The Morgan fingerprint density at radius 2 is 1.09 bits per heavy atom. The lowest BCUT2D eigenvalue weighted by molar-refractivity contribution is -0.158. The van der Waals surface area contributed by atoms with Crippen LogP contribution in [-0.4, -0.2) is 70.4 Å². The van der Waals surface area contributed by atoms with Crippen LogP contribution in [0.5, 0.6) is 0 Å². The standard InChI is InChI=1S/C24H32N4O6/c1-3-5-11-19(29)25-17-15-27(23(17)33)21(31)13-9-7-8-10-14-22(32)28-16-18(24(28)34)26-20(30)12-6-4-2/h3-4,7-8,17-18H,1-2,5-6,9-16H2,(H,25,29)(H,26,30)/b8-7+/t17-,18-/m0/s1. The first kappa shape index (κ1) is 26.7. The highest BCUT2D eigenvalue weighted by atomic mass is 16.2. The van der Waals surface area contributed by atoms with E-state index in [1.165, 1.54) is 0 Å². The molecule has 2 heterocycles. The molecule has 2 atom stereocenters. The summed E-state index contributed by atoms with van der Waals surface area (Å²) in [5, 5.41) is 5.19. The highest BCUT2D eigenvalue weighted by molar-refractivity contribution is 6.05. The molecule has 0 unspecified atom stereocenters. The summed E-state index contributed by atoms with van der Waals surface area (Å²) in [4.78, 5) is 73.8. The van der Waals surface area contributed by atoms with Crippen LogP contribution in [0.2, 0.25) is 0 Å². The minimum atomic E-state index is -0.646. The second kappa shape index (κ2) is 13.2. The van der Waals surface area contributed by atoms with Gasteiger partial charge in [0.05, 0.1) is 13.1 Å². The van der Waals surface area contributed by atoms with Gasteiger partial charge in [0.15, 0.2) is 0 Å². The van der Waals surface area contributed by atoms with E-state index in [1.807, 2.05) is 0 Å². The van der Waals surface area contributed by atoms with Crippen LogP contribution in [0.15, 0.2) is 37.5 Å². The zero-order chi connectivity index (χ0) is 25.1. The number of β-lactam (4-membered cyclic amide) rings is 2. The van der Waals surface area contributed by atoms with Crippen molar-refractivity contribution in [3.05, 3.63) is 37.5 Å². The molecule has 0 bridgehead atoms. The van der Waals surface area contributed by atoms with Crippen molar-refractivity contribution in [2.24, 2.45) is 0 Å². The number of nitrogens with one attached hydrogen (secondary N) is 2. The van der Waals surface area contributed by atoms with Gasteiger partial charge < -0.3 is 10.6 Å². The van der Waals surface area contributed by atoms with Gasteiger partial charge in [0, 0.05) is 25.7 Å². The van der Waals surface area contributed by atoms with Gasteiger partial charge in [-0.2, -0.15) is 0 Å². The van der Waals surface area contributed by atoms with Crippen LogP contribution < -0.4 is 10.6 Å². The average molecular weight is 473 g/mol. The van der Waals surface area contributed by atoms with Crippen molar-refractivity contribution < 1.29 is 28.8 Å². The quantitative estimate of drug-likeness (QED) is 0.283. The fourth-order valence-electron chi connectivity index (χ4n) is 3.44. The van der Waals surface area contributed by atoms with Gasteiger partial charge in [-0.1, -0.05) is 24.3 Å². The Balaban J connectivity index is 1.57. The summed E-state index contributed by atoms with van der Waals surface area (Å²) >= 11 is 0. The fourth-order valence-corrected chi connectivity index (χ4v) is 3.44. The first-order chi connectivity index (χ1) is 16.3. The first-order valence-corrected chi connectivity index (χ1v) is 11.4. The van der Waals surface area contributed by atoms with E-state index in [4.69, 9.17) is 0 Å². The van der Waals surface area contributed by atoms with E-state index in [1.54, 1.807) is 24.3 Å². The third kappa shape index (κ3) is 7.50. The molecular weight excluding hydrogens is 440 g/mol. The number of carbonyl (C=O) groups excluding carboxylic acids is 6. The topological polar surface area (TPSA) is 133 Å². The van der Waals surface area contributed by atoms with Gasteiger partial charge in [-0.15, -0.1) is 13.2 Å². The Hall–Kier alpha value is -3.56. The highest BCUT2D eigenvalue weighted by Gasteiger charge is 2.41. The molecule has 0 aromatic heterocycles. The number of imide groups is 2. The molecule has 10 heteroatoms. The van der Waals surface area contributed by atoms with Crippen molar-refractivity contribution in [2.45, 2.75) is 63.5 Å². The molecular formula is C24H32N4O6. The molecule has 2 fully saturated rings. The SMILES string of the molecule is C=CCCC(=O)N[C@H]1CN(C(=O)CC/C=C/CCC(=O)N2C[C@H](NC(=O)CCC=C)C2=O)C1=O. The maximum absolute atomic E-state index is 12.1. The van der Waals surface area contributed by atoms with E-state index in [0.717, 1.165) is 9.80 Å². The van der Waals surface area contributed by atoms with Gasteiger partial charge in [0.1, 0.15) is 12.1 Å². The number of amides is 6. The summed E-state index contributed by atoms with van der Waals surface area (Å²) in [6.07, 6.45) is 9.43. The van der Waals surface area contributed by atoms with Crippen LogP contribution in [-0.2, 0) is 28.8 Å². The van der Waals surface area contributed by atoms with Gasteiger partial charge in [0.2, 0.25) is 23.6 Å². The Kier molecular flexibility index (Phi) is 10.4. The number of likely N-dealkylation sites (tertiary alicyclic amines) is 2. The summed E-state index contributed by atoms with van der Waals surface area (Å²) < 4.78 is 0. The molecule has 0 aromatic carbocycles. The molecule has 184 valence electrons. The van der Waals surface area contributed by atoms with Crippen molar-refractivity contribution in [3.63, 3.8) is 0 Å². The molecule has 0 aliphatic carbocycles. The van der Waals surface area contributed by atoms with E-state index in [-0.39, 0.29) is 62.4 Å². The van der Waals surface area contributed by atoms with Crippen molar-refractivity contribution in [3.8, 4) is 0 Å². The Morgan fingerprint density at radius 3 is 1.41 bits per heavy atom. The second-order valence-corrected chi connectivity index (χ2v) is 8.13. The molecule has 0 aromatic rings. The molecule has 6 amide bonds. The number of hydrogen-bond acceptors (Lipinski definition) is 6. The van der Waals surface area contributed by atoms with E-state index >= 15 is 0 Å². The number of nitrogens with zero attached hydrogens (tertiary/aromatic N) is 2. The minimum absolute atomic E-state index is 0.144. The van der Waals surface area contributed by atoms with Crippen LogP contribution in [0.1, 0.15) is 51.4 Å². The molecule has 2 rings (SSSR count). The largest absolute Gasteiger partial charge is 0.343 e. The maximum Gasteiger partial charge on any atom is 0.253 e. The lowest BCUT2D eigenvalue weighted by atomic mass is 10.1. The summed E-state index contributed by atoms with van der Waals surface area (Å²) in [6.45, 7) is 7.42. The van der Waals surface area contributed by atoms with Crippen molar-refractivity contribution in [1.29, 1.82) is 0 Å².